The first-order valence-electron chi connectivity index (χ1n) is 14.3. The molecule has 0 aliphatic carbocycles. The Morgan fingerprint density at radius 3 is 2.22 bits per heavy atom. The van der Waals surface area contributed by atoms with Crippen molar-refractivity contribution in [3.63, 3.8) is 0 Å². The highest BCUT2D eigenvalue weighted by molar-refractivity contribution is 6.10. The summed E-state index contributed by atoms with van der Waals surface area (Å²) in [6, 6.07) is 27.7. The monoisotopic (exact) mass is 536 g/mol. The lowest BCUT2D eigenvalue weighted by Crippen LogP contribution is -2.01. The van der Waals surface area contributed by atoms with Crippen molar-refractivity contribution < 1.29 is 4.42 Å². The second-order valence-corrected chi connectivity index (χ2v) is 11.4. The van der Waals surface area contributed by atoms with E-state index in [1.807, 2.05) is 18.5 Å². The van der Waals surface area contributed by atoms with E-state index in [1.165, 1.54) is 11.1 Å². The normalized spacial score (nSPS) is 12.0. The van der Waals surface area contributed by atoms with Gasteiger partial charge in [-0.15, -0.1) is 0 Å². The number of furan rings is 1. The van der Waals surface area contributed by atoms with E-state index in [9.17, 15) is 0 Å². The van der Waals surface area contributed by atoms with Crippen LogP contribution in [0.1, 0.15) is 56.4 Å². The molecule has 5 heteroatoms. The maximum absolute atomic E-state index is 6.57. The highest BCUT2D eigenvalue weighted by atomic mass is 16.3. The molecule has 7 rings (SSSR count). The summed E-state index contributed by atoms with van der Waals surface area (Å²) in [5.41, 5.74) is 11.1. The number of rotatable bonds is 5. The van der Waals surface area contributed by atoms with Crippen molar-refractivity contribution in [3.8, 4) is 28.2 Å². The summed E-state index contributed by atoms with van der Waals surface area (Å²) in [6.07, 6.45) is 3.83. The van der Waals surface area contributed by atoms with Gasteiger partial charge in [-0.05, 0) is 71.3 Å². The van der Waals surface area contributed by atoms with E-state index in [-0.39, 0.29) is 5.92 Å². The Labute approximate surface area is 239 Å². The third-order valence-electron chi connectivity index (χ3n) is 7.99. The summed E-state index contributed by atoms with van der Waals surface area (Å²) >= 11 is 0. The topological polar surface area (TPSA) is 56.7 Å². The molecule has 0 atom stereocenters. The zero-order valence-corrected chi connectivity index (χ0v) is 24.0. The first-order valence-corrected chi connectivity index (χ1v) is 14.3. The van der Waals surface area contributed by atoms with Crippen molar-refractivity contribution >= 4 is 33.1 Å². The van der Waals surface area contributed by atoms with Crippen LogP contribution in [-0.4, -0.2) is 19.5 Å². The first kappa shape index (κ1) is 25.2. The van der Waals surface area contributed by atoms with E-state index in [4.69, 9.17) is 14.4 Å². The molecule has 0 saturated carbocycles. The van der Waals surface area contributed by atoms with Gasteiger partial charge in [-0.25, -0.2) is 9.97 Å². The smallest absolute Gasteiger partial charge is 0.227 e. The largest absolute Gasteiger partial charge is 0.437 e. The molecule has 0 spiro atoms. The molecular formula is C36H32N4O. The van der Waals surface area contributed by atoms with Crippen LogP contribution in [0.25, 0.3) is 61.3 Å². The van der Waals surface area contributed by atoms with E-state index in [2.05, 4.69) is 117 Å². The maximum Gasteiger partial charge on any atom is 0.227 e. The van der Waals surface area contributed by atoms with E-state index >= 15 is 0 Å². The lowest BCUT2D eigenvalue weighted by molar-refractivity contribution is 0.648. The molecule has 0 radical (unpaired) electrons. The summed E-state index contributed by atoms with van der Waals surface area (Å²) < 4.78 is 8.84. The van der Waals surface area contributed by atoms with Crippen molar-refractivity contribution in [2.75, 3.05) is 0 Å². The Hall–Kier alpha value is -4.77. The Kier molecular flexibility index (Phi) is 5.97. The number of aryl methyl sites for hydroxylation is 1. The molecule has 0 N–H and O–H groups in total. The van der Waals surface area contributed by atoms with Gasteiger partial charge < -0.3 is 4.42 Å². The lowest BCUT2D eigenvalue weighted by atomic mass is 10.0. The molecule has 0 fully saturated rings. The van der Waals surface area contributed by atoms with Gasteiger partial charge >= 0.3 is 0 Å². The van der Waals surface area contributed by atoms with Crippen LogP contribution in [0.2, 0.25) is 0 Å². The van der Waals surface area contributed by atoms with Gasteiger partial charge in [0, 0.05) is 28.4 Å². The summed E-state index contributed by atoms with van der Waals surface area (Å²) in [5, 5.41) is 2.11. The number of hydrogen-bond donors (Lipinski definition) is 0. The van der Waals surface area contributed by atoms with Crippen molar-refractivity contribution in [2.24, 2.45) is 0 Å². The minimum atomic E-state index is 0.279. The number of hydrogen-bond acceptors (Lipinski definition) is 4. The quantitative estimate of drug-likeness (QED) is 0.220. The van der Waals surface area contributed by atoms with Gasteiger partial charge in [0.2, 0.25) is 5.71 Å². The van der Waals surface area contributed by atoms with Gasteiger partial charge in [-0.1, -0.05) is 76.2 Å². The molecule has 7 aromatic rings. The Morgan fingerprint density at radius 2 is 1.49 bits per heavy atom. The molecule has 0 unspecified atom stereocenters. The Bertz CT molecular complexity index is 2050. The van der Waals surface area contributed by atoms with Crippen molar-refractivity contribution in [3.05, 3.63) is 108 Å². The van der Waals surface area contributed by atoms with Crippen LogP contribution in [0, 0.1) is 6.92 Å². The fraction of sp³-hybridized carbons (Fsp3) is 0.194. The zero-order chi connectivity index (χ0) is 28.2. The molecule has 41 heavy (non-hydrogen) atoms. The molecule has 0 bridgehead atoms. The minimum Gasteiger partial charge on any atom is -0.437 e. The van der Waals surface area contributed by atoms with E-state index < -0.39 is 0 Å². The SMILES string of the molecule is Cc1ccc(-c2nc3cncc(C(C)C)c3n2-c2ccc(-c3ccccc3)cc2)c2oc3nc(C(C)C)ccc3c12. The second kappa shape index (κ2) is 9.70. The number of nitrogens with zero attached hydrogens (tertiary/aromatic N) is 4. The second-order valence-electron chi connectivity index (χ2n) is 11.4. The third kappa shape index (κ3) is 4.12. The lowest BCUT2D eigenvalue weighted by Gasteiger charge is -2.14. The van der Waals surface area contributed by atoms with Crippen LogP contribution in [-0.2, 0) is 0 Å². The fourth-order valence-electron chi connectivity index (χ4n) is 5.78. The molecule has 3 aromatic carbocycles. The summed E-state index contributed by atoms with van der Waals surface area (Å²) in [7, 11) is 0. The molecule has 4 aromatic heterocycles. The van der Waals surface area contributed by atoms with Crippen molar-refractivity contribution in [1.29, 1.82) is 0 Å². The van der Waals surface area contributed by atoms with Crippen molar-refractivity contribution in [2.45, 2.75) is 46.5 Å². The maximum atomic E-state index is 6.57. The molecule has 0 saturated heterocycles. The van der Waals surface area contributed by atoms with Gasteiger partial charge in [-0.2, -0.15) is 0 Å². The third-order valence-corrected chi connectivity index (χ3v) is 7.99. The Balaban J connectivity index is 1.52. The zero-order valence-electron chi connectivity index (χ0n) is 24.0. The van der Waals surface area contributed by atoms with E-state index in [0.717, 1.165) is 61.3 Å². The standard InChI is InChI=1S/C36H32N4O/c1-21(2)29-19-37-20-31-33(29)40(26-14-12-25(13-15-26)24-9-7-6-8-10-24)35(38-31)28-16-11-23(5)32-27-17-18-30(22(3)4)39-36(27)41-34(28)32/h6-22H,1-5H3. The van der Waals surface area contributed by atoms with Crippen LogP contribution in [0.3, 0.4) is 0 Å². The van der Waals surface area contributed by atoms with Crippen LogP contribution in [0.15, 0.2) is 95.7 Å². The van der Waals surface area contributed by atoms with Crippen LogP contribution in [0.5, 0.6) is 0 Å². The van der Waals surface area contributed by atoms with Crippen LogP contribution >= 0.6 is 0 Å². The molecule has 0 aliphatic rings. The van der Waals surface area contributed by atoms with Crippen molar-refractivity contribution in [1.82, 2.24) is 19.5 Å². The van der Waals surface area contributed by atoms with Crippen LogP contribution in [0.4, 0.5) is 0 Å². The molecule has 4 heterocycles. The number of aromatic nitrogens is 4. The van der Waals surface area contributed by atoms with Gasteiger partial charge in [0.25, 0.3) is 0 Å². The molecule has 0 amide bonds. The molecular weight excluding hydrogens is 504 g/mol. The summed E-state index contributed by atoms with van der Waals surface area (Å²) in [5.74, 6) is 1.43. The van der Waals surface area contributed by atoms with Gasteiger partial charge in [0.15, 0.2) is 0 Å². The van der Waals surface area contributed by atoms with Crippen LogP contribution < -0.4 is 0 Å². The highest BCUT2D eigenvalue weighted by Gasteiger charge is 2.23. The summed E-state index contributed by atoms with van der Waals surface area (Å²) in [4.78, 5) is 14.6. The number of benzene rings is 3. The molecule has 5 nitrogen and oxygen atoms in total. The predicted octanol–water partition coefficient (Wildman–Crippen LogP) is 9.60. The van der Waals surface area contributed by atoms with Gasteiger partial charge in [-0.3, -0.25) is 9.55 Å². The van der Waals surface area contributed by atoms with Gasteiger partial charge in [0.05, 0.1) is 17.3 Å². The van der Waals surface area contributed by atoms with E-state index in [0.29, 0.717) is 11.6 Å². The number of fused-ring (bicyclic) bond motifs is 4. The molecule has 0 aliphatic heterocycles. The Morgan fingerprint density at radius 1 is 0.732 bits per heavy atom. The predicted molar refractivity (Wildman–Crippen MR) is 168 cm³/mol. The fourth-order valence-corrected chi connectivity index (χ4v) is 5.78. The summed E-state index contributed by atoms with van der Waals surface area (Å²) in [6.45, 7) is 10.8. The first-order chi connectivity index (χ1) is 19.9. The number of imidazole rings is 1. The highest BCUT2D eigenvalue weighted by Crippen LogP contribution is 2.40. The molecule has 202 valence electrons. The average Bonchev–Trinajstić information content (AvgIpc) is 3.57. The van der Waals surface area contributed by atoms with E-state index in [1.54, 1.807) is 0 Å². The van der Waals surface area contributed by atoms with Gasteiger partial charge in [0.1, 0.15) is 16.9 Å². The average molecular weight is 537 g/mol. The number of pyridine rings is 2. The minimum absolute atomic E-state index is 0.279.